The van der Waals surface area contributed by atoms with E-state index in [1.165, 1.54) is 4.90 Å². The smallest absolute Gasteiger partial charge is 0.253 e. The first-order chi connectivity index (χ1) is 11.9. The lowest BCUT2D eigenvalue weighted by atomic mass is 10.1. The first-order valence-corrected chi connectivity index (χ1v) is 8.04. The van der Waals surface area contributed by atoms with Crippen LogP contribution in [0.1, 0.15) is 37.4 Å². The Morgan fingerprint density at radius 3 is 2.20 bits per heavy atom. The maximum atomic E-state index is 12.1. The van der Waals surface area contributed by atoms with Gasteiger partial charge in [0.2, 0.25) is 0 Å². The summed E-state index contributed by atoms with van der Waals surface area (Å²) in [5.41, 5.74) is 4.31. The standard InChI is InChI=1S/C21H22N2O2/c1-15-7-10-19(14-16(15)2)20(24)22-13-5-6-17-8-11-18(12-9-17)21(25)23(3)4/h7-12,14H,13H2,1-4H3,(H,22,24). The van der Waals surface area contributed by atoms with Crippen molar-refractivity contribution in [3.8, 4) is 11.8 Å². The molecule has 128 valence electrons. The number of amides is 2. The van der Waals surface area contributed by atoms with Gasteiger partial charge in [-0.3, -0.25) is 9.59 Å². The third kappa shape index (κ3) is 4.95. The Hall–Kier alpha value is -3.06. The quantitative estimate of drug-likeness (QED) is 0.878. The van der Waals surface area contributed by atoms with Crippen molar-refractivity contribution in [3.63, 3.8) is 0 Å². The molecule has 0 aromatic heterocycles. The number of rotatable bonds is 3. The average Bonchev–Trinajstić information content (AvgIpc) is 2.60. The molecule has 0 saturated heterocycles. The Morgan fingerprint density at radius 1 is 0.960 bits per heavy atom. The van der Waals surface area contributed by atoms with E-state index in [0.717, 1.165) is 16.7 Å². The van der Waals surface area contributed by atoms with Gasteiger partial charge in [0.05, 0.1) is 6.54 Å². The van der Waals surface area contributed by atoms with Crippen LogP contribution in [0.4, 0.5) is 0 Å². The number of nitrogens with zero attached hydrogens (tertiary/aromatic N) is 1. The Labute approximate surface area is 148 Å². The van der Waals surface area contributed by atoms with Gasteiger partial charge >= 0.3 is 0 Å². The van der Waals surface area contributed by atoms with E-state index >= 15 is 0 Å². The molecule has 0 aliphatic heterocycles. The Bertz CT molecular complexity index is 840. The summed E-state index contributed by atoms with van der Waals surface area (Å²) >= 11 is 0. The zero-order valence-electron chi connectivity index (χ0n) is 15.0. The molecule has 2 amide bonds. The topological polar surface area (TPSA) is 49.4 Å². The van der Waals surface area contributed by atoms with E-state index in [9.17, 15) is 9.59 Å². The summed E-state index contributed by atoms with van der Waals surface area (Å²) in [6.07, 6.45) is 0. The highest BCUT2D eigenvalue weighted by Gasteiger charge is 2.07. The molecule has 2 aromatic carbocycles. The minimum Gasteiger partial charge on any atom is -0.345 e. The van der Waals surface area contributed by atoms with Gasteiger partial charge in [0.1, 0.15) is 0 Å². The van der Waals surface area contributed by atoms with E-state index in [0.29, 0.717) is 11.1 Å². The number of carbonyl (C=O) groups is 2. The van der Waals surface area contributed by atoms with Crippen LogP contribution in [0, 0.1) is 25.7 Å². The van der Waals surface area contributed by atoms with Crippen molar-refractivity contribution in [1.82, 2.24) is 10.2 Å². The van der Waals surface area contributed by atoms with Crippen LogP contribution in [0.25, 0.3) is 0 Å². The highest BCUT2D eigenvalue weighted by molar-refractivity contribution is 5.94. The number of carbonyl (C=O) groups excluding carboxylic acids is 2. The molecular weight excluding hydrogens is 312 g/mol. The van der Waals surface area contributed by atoms with Crippen molar-refractivity contribution in [2.75, 3.05) is 20.6 Å². The number of aryl methyl sites for hydroxylation is 2. The summed E-state index contributed by atoms with van der Waals surface area (Å²) in [6, 6.07) is 12.7. The molecule has 0 heterocycles. The Morgan fingerprint density at radius 2 is 1.60 bits per heavy atom. The summed E-state index contributed by atoms with van der Waals surface area (Å²) in [5, 5.41) is 2.79. The van der Waals surface area contributed by atoms with Gasteiger partial charge in [-0.25, -0.2) is 0 Å². The molecule has 0 atom stereocenters. The summed E-state index contributed by atoms with van der Waals surface area (Å²) in [5.74, 6) is 5.72. The molecule has 0 saturated carbocycles. The van der Waals surface area contributed by atoms with Crippen molar-refractivity contribution < 1.29 is 9.59 Å². The van der Waals surface area contributed by atoms with Gasteiger partial charge < -0.3 is 10.2 Å². The molecule has 0 radical (unpaired) electrons. The molecule has 0 bridgehead atoms. The fourth-order valence-electron chi connectivity index (χ4n) is 2.21. The lowest BCUT2D eigenvalue weighted by Crippen LogP contribution is -2.23. The summed E-state index contributed by atoms with van der Waals surface area (Å²) in [4.78, 5) is 25.4. The summed E-state index contributed by atoms with van der Waals surface area (Å²) < 4.78 is 0. The van der Waals surface area contributed by atoms with E-state index < -0.39 is 0 Å². The van der Waals surface area contributed by atoms with Crippen molar-refractivity contribution >= 4 is 11.8 Å². The van der Waals surface area contributed by atoms with Crippen LogP contribution in [0.2, 0.25) is 0 Å². The predicted molar refractivity (Wildman–Crippen MR) is 99.6 cm³/mol. The molecule has 0 unspecified atom stereocenters. The van der Waals surface area contributed by atoms with Gasteiger partial charge in [0.15, 0.2) is 0 Å². The third-order valence-electron chi connectivity index (χ3n) is 3.88. The first-order valence-electron chi connectivity index (χ1n) is 8.04. The van der Waals surface area contributed by atoms with Gasteiger partial charge in [-0.1, -0.05) is 17.9 Å². The predicted octanol–water partition coefficient (Wildman–Crippen LogP) is 2.79. The second-order valence-corrected chi connectivity index (χ2v) is 6.06. The van der Waals surface area contributed by atoms with Gasteiger partial charge in [-0.05, 0) is 61.4 Å². The maximum Gasteiger partial charge on any atom is 0.253 e. The van der Waals surface area contributed by atoms with Crippen molar-refractivity contribution in [2.24, 2.45) is 0 Å². The fraction of sp³-hybridized carbons (Fsp3) is 0.238. The van der Waals surface area contributed by atoms with Crippen molar-refractivity contribution in [1.29, 1.82) is 0 Å². The second kappa shape index (κ2) is 8.16. The third-order valence-corrected chi connectivity index (χ3v) is 3.88. The lowest BCUT2D eigenvalue weighted by molar-refractivity contribution is 0.0827. The normalized spacial score (nSPS) is 9.76. The molecule has 0 aliphatic rings. The Balaban J connectivity index is 1.93. The van der Waals surface area contributed by atoms with Crippen molar-refractivity contribution in [2.45, 2.75) is 13.8 Å². The van der Waals surface area contributed by atoms with Gasteiger partial charge in [-0.15, -0.1) is 0 Å². The van der Waals surface area contributed by atoms with Crippen LogP contribution in [0.5, 0.6) is 0 Å². The molecule has 0 aliphatic carbocycles. The van der Waals surface area contributed by atoms with Gasteiger partial charge in [-0.2, -0.15) is 0 Å². The van der Waals surface area contributed by atoms with E-state index in [1.54, 1.807) is 38.4 Å². The maximum absolute atomic E-state index is 12.1. The minimum absolute atomic E-state index is 0.0415. The SMILES string of the molecule is Cc1ccc(C(=O)NCC#Cc2ccc(C(=O)N(C)C)cc2)cc1C. The minimum atomic E-state index is -0.135. The number of hydrogen-bond donors (Lipinski definition) is 1. The summed E-state index contributed by atoms with van der Waals surface area (Å²) in [6.45, 7) is 4.26. The van der Waals surface area contributed by atoms with Crippen LogP contribution < -0.4 is 5.32 Å². The molecule has 4 heteroatoms. The summed E-state index contributed by atoms with van der Waals surface area (Å²) in [7, 11) is 3.43. The van der Waals surface area contributed by atoms with E-state index in [2.05, 4.69) is 17.2 Å². The van der Waals surface area contributed by atoms with Gasteiger partial charge in [0, 0.05) is 30.8 Å². The largest absolute Gasteiger partial charge is 0.345 e. The molecule has 1 N–H and O–H groups in total. The van der Waals surface area contributed by atoms with Crippen molar-refractivity contribution in [3.05, 3.63) is 70.3 Å². The molecule has 4 nitrogen and oxygen atoms in total. The molecule has 2 rings (SSSR count). The van der Waals surface area contributed by atoms with Crippen LogP contribution in [-0.4, -0.2) is 37.4 Å². The molecule has 0 fully saturated rings. The molecule has 2 aromatic rings. The number of nitrogens with one attached hydrogen (secondary N) is 1. The van der Waals surface area contributed by atoms with E-state index in [-0.39, 0.29) is 18.4 Å². The number of benzene rings is 2. The van der Waals surface area contributed by atoms with E-state index in [4.69, 9.17) is 0 Å². The van der Waals surface area contributed by atoms with Gasteiger partial charge in [0.25, 0.3) is 11.8 Å². The van der Waals surface area contributed by atoms with Crippen LogP contribution in [0.15, 0.2) is 42.5 Å². The Kier molecular flexibility index (Phi) is 5.97. The molecule has 0 spiro atoms. The second-order valence-electron chi connectivity index (χ2n) is 6.06. The van der Waals surface area contributed by atoms with Crippen LogP contribution in [-0.2, 0) is 0 Å². The monoisotopic (exact) mass is 334 g/mol. The fourth-order valence-corrected chi connectivity index (χ4v) is 2.21. The zero-order valence-corrected chi connectivity index (χ0v) is 15.0. The molecule has 25 heavy (non-hydrogen) atoms. The highest BCUT2D eigenvalue weighted by Crippen LogP contribution is 2.09. The first kappa shape index (κ1) is 18.3. The number of hydrogen-bond acceptors (Lipinski definition) is 2. The lowest BCUT2D eigenvalue weighted by Gasteiger charge is -2.09. The molecular formula is C21H22N2O2. The highest BCUT2D eigenvalue weighted by atomic mass is 16.2. The van der Waals surface area contributed by atoms with Crippen LogP contribution >= 0.6 is 0 Å². The van der Waals surface area contributed by atoms with E-state index in [1.807, 2.05) is 32.0 Å². The van der Waals surface area contributed by atoms with Crippen LogP contribution in [0.3, 0.4) is 0 Å². The average molecular weight is 334 g/mol. The zero-order chi connectivity index (χ0) is 18.4.